The molecule has 1 unspecified atom stereocenters. The molecule has 3 rings (SSSR count). The lowest BCUT2D eigenvalue weighted by molar-refractivity contribution is 0.0905. The summed E-state index contributed by atoms with van der Waals surface area (Å²) in [4.78, 5) is 14.4. The minimum atomic E-state index is -0.212. The molecule has 1 amide bonds. The van der Waals surface area contributed by atoms with E-state index in [1.165, 1.54) is 12.8 Å². The number of amides is 1. The highest BCUT2D eigenvalue weighted by Gasteiger charge is 2.26. The Labute approximate surface area is 131 Å². The number of carbonyl (C=O) groups excluding carboxylic acids is 1. The lowest BCUT2D eigenvalue weighted by atomic mass is 10.2. The quantitative estimate of drug-likeness (QED) is 0.897. The summed E-state index contributed by atoms with van der Waals surface area (Å²) < 4.78 is 11.3. The number of rotatable bonds is 5. The molecular formula is C15H17BrN2O3. The van der Waals surface area contributed by atoms with Crippen LogP contribution in [0.2, 0.25) is 0 Å². The first-order valence-corrected chi connectivity index (χ1v) is 7.84. The van der Waals surface area contributed by atoms with E-state index in [1.54, 1.807) is 18.4 Å². The third-order valence-corrected chi connectivity index (χ3v) is 4.13. The van der Waals surface area contributed by atoms with Crippen LogP contribution in [0.4, 0.5) is 0 Å². The second-order valence-electron chi connectivity index (χ2n) is 5.09. The van der Waals surface area contributed by atoms with Crippen molar-refractivity contribution in [1.29, 1.82) is 0 Å². The summed E-state index contributed by atoms with van der Waals surface area (Å²) in [5, 5.41) is 2.92. The van der Waals surface area contributed by atoms with Crippen LogP contribution in [0.3, 0.4) is 0 Å². The smallest absolute Gasteiger partial charge is 0.287 e. The maximum Gasteiger partial charge on any atom is 0.287 e. The number of halogens is 1. The molecule has 21 heavy (non-hydrogen) atoms. The first-order chi connectivity index (χ1) is 10.2. The van der Waals surface area contributed by atoms with E-state index in [1.807, 2.05) is 12.1 Å². The van der Waals surface area contributed by atoms with E-state index >= 15 is 0 Å². The number of nitrogens with one attached hydrogen (secondary N) is 1. The third-order valence-electron chi connectivity index (χ3n) is 3.71. The minimum Gasteiger partial charge on any atom is -0.468 e. The van der Waals surface area contributed by atoms with Crippen LogP contribution in [0.1, 0.15) is 35.2 Å². The van der Waals surface area contributed by atoms with Crippen LogP contribution < -0.4 is 5.32 Å². The Bertz CT molecular complexity index is 588. The zero-order valence-corrected chi connectivity index (χ0v) is 13.1. The molecule has 0 radical (unpaired) electrons. The maximum absolute atomic E-state index is 12.1. The number of likely N-dealkylation sites (tertiary alicyclic amines) is 1. The van der Waals surface area contributed by atoms with E-state index in [9.17, 15) is 4.79 Å². The summed E-state index contributed by atoms with van der Waals surface area (Å²) >= 11 is 3.20. The molecule has 1 saturated heterocycles. The van der Waals surface area contributed by atoms with Crippen LogP contribution in [0, 0.1) is 0 Å². The Morgan fingerprint density at radius 1 is 1.33 bits per heavy atom. The molecule has 1 N–H and O–H groups in total. The van der Waals surface area contributed by atoms with Gasteiger partial charge in [0.05, 0.1) is 12.3 Å². The number of furan rings is 2. The van der Waals surface area contributed by atoms with Gasteiger partial charge >= 0.3 is 0 Å². The van der Waals surface area contributed by atoms with Crippen LogP contribution in [0.25, 0.3) is 0 Å². The van der Waals surface area contributed by atoms with Crippen molar-refractivity contribution in [3.05, 3.63) is 46.7 Å². The van der Waals surface area contributed by atoms with Gasteiger partial charge in [-0.25, -0.2) is 0 Å². The molecule has 2 aromatic heterocycles. The number of hydrogen-bond acceptors (Lipinski definition) is 4. The van der Waals surface area contributed by atoms with Gasteiger partial charge in [-0.1, -0.05) is 0 Å². The molecular weight excluding hydrogens is 336 g/mol. The average Bonchev–Trinajstić information content (AvgIpc) is 3.21. The van der Waals surface area contributed by atoms with Gasteiger partial charge in [-0.3, -0.25) is 9.69 Å². The number of nitrogens with zero attached hydrogens (tertiary/aromatic N) is 1. The Hall–Kier alpha value is -1.53. The zero-order valence-electron chi connectivity index (χ0n) is 11.5. The average molecular weight is 353 g/mol. The second-order valence-corrected chi connectivity index (χ2v) is 5.87. The first kappa shape index (κ1) is 14.4. The lowest BCUT2D eigenvalue weighted by Crippen LogP contribution is -2.36. The first-order valence-electron chi connectivity index (χ1n) is 7.05. The highest BCUT2D eigenvalue weighted by molar-refractivity contribution is 9.10. The Balaban J connectivity index is 1.66. The Kier molecular flexibility index (Phi) is 4.45. The largest absolute Gasteiger partial charge is 0.468 e. The molecule has 6 heteroatoms. The predicted octanol–water partition coefficient (Wildman–Crippen LogP) is 3.20. The van der Waals surface area contributed by atoms with Gasteiger partial charge in [0.15, 0.2) is 10.4 Å². The van der Waals surface area contributed by atoms with Crippen molar-refractivity contribution < 1.29 is 13.6 Å². The molecule has 0 spiro atoms. The van der Waals surface area contributed by atoms with E-state index < -0.39 is 0 Å². The molecule has 1 atom stereocenters. The van der Waals surface area contributed by atoms with E-state index in [4.69, 9.17) is 8.83 Å². The van der Waals surface area contributed by atoms with Gasteiger partial charge in [-0.15, -0.1) is 0 Å². The van der Waals surface area contributed by atoms with Crippen molar-refractivity contribution >= 4 is 21.8 Å². The summed E-state index contributed by atoms with van der Waals surface area (Å²) in [6.45, 7) is 2.58. The fraction of sp³-hybridized carbons (Fsp3) is 0.400. The van der Waals surface area contributed by atoms with Crippen LogP contribution in [0.15, 0.2) is 44.0 Å². The molecule has 1 aliphatic heterocycles. The molecule has 1 aliphatic rings. The highest BCUT2D eigenvalue weighted by atomic mass is 79.9. The summed E-state index contributed by atoms with van der Waals surface area (Å²) in [6.07, 6.45) is 4.05. The van der Waals surface area contributed by atoms with Gasteiger partial charge < -0.3 is 14.2 Å². The molecule has 0 saturated carbocycles. The van der Waals surface area contributed by atoms with Crippen LogP contribution in [-0.2, 0) is 0 Å². The zero-order chi connectivity index (χ0) is 14.7. The van der Waals surface area contributed by atoms with Gasteiger partial charge in [0, 0.05) is 6.54 Å². The minimum absolute atomic E-state index is 0.0739. The van der Waals surface area contributed by atoms with E-state index in [2.05, 4.69) is 26.1 Å². The third kappa shape index (κ3) is 3.39. The molecule has 2 aromatic rings. The maximum atomic E-state index is 12.1. The molecule has 0 bridgehead atoms. The van der Waals surface area contributed by atoms with Gasteiger partial charge in [-0.2, -0.15) is 0 Å². The topological polar surface area (TPSA) is 58.6 Å². The van der Waals surface area contributed by atoms with Crippen molar-refractivity contribution in [3.63, 3.8) is 0 Å². The monoisotopic (exact) mass is 352 g/mol. The second kappa shape index (κ2) is 6.49. The summed E-state index contributed by atoms with van der Waals surface area (Å²) in [5.41, 5.74) is 0. The Morgan fingerprint density at radius 3 is 2.76 bits per heavy atom. The van der Waals surface area contributed by atoms with E-state index in [0.29, 0.717) is 17.0 Å². The van der Waals surface area contributed by atoms with E-state index in [-0.39, 0.29) is 11.9 Å². The lowest BCUT2D eigenvalue weighted by Gasteiger charge is -2.25. The van der Waals surface area contributed by atoms with Crippen molar-refractivity contribution in [2.24, 2.45) is 0 Å². The summed E-state index contributed by atoms with van der Waals surface area (Å²) in [5.74, 6) is 0.982. The number of carbonyl (C=O) groups is 1. The normalized spacial score (nSPS) is 17.0. The molecule has 0 aliphatic carbocycles. The van der Waals surface area contributed by atoms with Crippen LogP contribution in [0.5, 0.6) is 0 Å². The van der Waals surface area contributed by atoms with Crippen LogP contribution in [-0.4, -0.2) is 30.4 Å². The van der Waals surface area contributed by atoms with E-state index in [0.717, 1.165) is 18.8 Å². The summed E-state index contributed by atoms with van der Waals surface area (Å²) in [6, 6.07) is 7.27. The SMILES string of the molecule is O=C(NCC(c1ccco1)N1CCCC1)c1ccc(Br)o1. The fourth-order valence-electron chi connectivity index (χ4n) is 2.66. The van der Waals surface area contributed by atoms with Crippen molar-refractivity contribution in [3.8, 4) is 0 Å². The molecule has 112 valence electrons. The van der Waals surface area contributed by atoms with Crippen molar-refractivity contribution in [1.82, 2.24) is 10.2 Å². The predicted molar refractivity (Wildman–Crippen MR) is 81.0 cm³/mol. The molecule has 1 fully saturated rings. The van der Waals surface area contributed by atoms with Gasteiger partial charge in [0.1, 0.15) is 5.76 Å². The number of hydrogen-bond donors (Lipinski definition) is 1. The standard InChI is InChI=1S/C15H17BrN2O3/c16-14-6-5-13(21-14)15(19)17-10-11(12-4-3-9-20-12)18-7-1-2-8-18/h3-6,9,11H,1-2,7-8,10H2,(H,17,19). The van der Waals surface area contributed by atoms with Gasteiger partial charge in [-0.05, 0) is 66.1 Å². The fourth-order valence-corrected chi connectivity index (χ4v) is 2.96. The summed E-state index contributed by atoms with van der Waals surface area (Å²) in [7, 11) is 0. The molecule has 3 heterocycles. The van der Waals surface area contributed by atoms with Crippen molar-refractivity contribution in [2.45, 2.75) is 18.9 Å². The van der Waals surface area contributed by atoms with Gasteiger partial charge in [0.2, 0.25) is 0 Å². The van der Waals surface area contributed by atoms with Crippen molar-refractivity contribution in [2.75, 3.05) is 19.6 Å². The highest BCUT2D eigenvalue weighted by Crippen LogP contribution is 2.25. The Morgan fingerprint density at radius 2 is 2.14 bits per heavy atom. The molecule has 0 aromatic carbocycles. The molecule has 5 nitrogen and oxygen atoms in total. The van der Waals surface area contributed by atoms with Gasteiger partial charge in [0.25, 0.3) is 5.91 Å². The van der Waals surface area contributed by atoms with Crippen LogP contribution >= 0.6 is 15.9 Å².